The molecule has 1 aliphatic rings. The Hall–Kier alpha value is -1.05. The summed E-state index contributed by atoms with van der Waals surface area (Å²) < 4.78 is 38.9. The summed E-state index contributed by atoms with van der Waals surface area (Å²) >= 11 is 0. The van der Waals surface area contributed by atoms with Gasteiger partial charge < -0.3 is 5.11 Å². The average molecular weight is 260 g/mol. The summed E-state index contributed by atoms with van der Waals surface area (Å²) in [6.45, 7) is -0.106. The van der Waals surface area contributed by atoms with E-state index in [0.29, 0.717) is 12.8 Å². The minimum absolute atomic E-state index is 0.106. The molecule has 0 aromatic carbocycles. The van der Waals surface area contributed by atoms with E-state index in [1.807, 2.05) is 0 Å². The molecule has 1 saturated carbocycles. The summed E-state index contributed by atoms with van der Waals surface area (Å²) in [5.74, 6) is -0.902. The van der Waals surface area contributed by atoms with Crippen LogP contribution in [0, 0.1) is 5.82 Å². The third-order valence-electron chi connectivity index (χ3n) is 2.85. The van der Waals surface area contributed by atoms with Crippen LogP contribution >= 0.6 is 0 Å². The van der Waals surface area contributed by atoms with Crippen molar-refractivity contribution in [3.63, 3.8) is 0 Å². The lowest BCUT2D eigenvalue weighted by atomic mass is 9.81. The molecule has 5 nitrogen and oxygen atoms in total. The number of rotatable bonds is 4. The van der Waals surface area contributed by atoms with E-state index >= 15 is 0 Å². The molecule has 1 fully saturated rings. The van der Waals surface area contributed by atoms with Gasteiger partial charge in [-0.05, 0) is 31.4 Å². The maximum atomic E-state index is 13.3. The molecule has 0 unspecified atom stereocenters. The molecule has 2 rings (SSSR count). The zero-order valence-electron chi connectivity index (χ0n) is 9.06. The van der Waals surface area contributed by atoms with Crippen LogP contribution in [0.2, 0.25) is 0 Å². The van der Waals surface area contributed by atoms with Crippen LogP contribution in [-0.4, -0.2) is 30.7 Å². The normalized spacial score (nSPS) is 18.7. The van der Waals surface area contributed by atoms with Gasteiger partial charge in [0.2, 0.25) is 5.03 Å². The van der Waals surface area contributed by atoms with E-state index in [1.165, 1.54) is 12.3 Å². The highest BCUT2D eigenvalue weighted by Crippen LogP contribution is 2.31. The highest BCUT2D eigenvalue weighted by atomic mass is 32.2. The molecule has 1 aromatic rings. The van der Waals surface area contributed by atoms with Crippen LogP contribution in [-0.2, 0) is 10.0 Å². The van der Waals surface area contributed by atoms with Crippen molar-refractivity contribution in [1.29, 1.82) is 0 Å². The first-order chi connectivity index (χ1) is 7.93. The van der Waals surface area contributed by atoms with Gasteiger partial charge in [0.05, 0.1) is 5.60 Å². The van der Waals surface area contributed by atoms with E-state index in [9.17, 15) is 17.9 Å². The second-order valence-electron chi connectivity index (χ2n) is 4.19. The van der Waals surface area contributed by atoms with Crippen molar-refractivity contribution >= 4 is 10.0 Å². The van der Waals surface area contributed by atoms with Crippen molar-refractivity contribution in [1.82, 2.24) is 9.71 Å². The van der Waals surface area contributed by atoms with Crippen molar-refractivity contribution in [2.75, 3.05) is 6.54 Å². The fourth-order valence-electron chi connectivity index (χ4n) is 1.63. The maximum absolute atomic E-state index is 13.3. The second-order valence-corrected chi connectivity index (χ2v) is 5.88. The van der Waals surface area contributed by atoms with Crippen molar-refractivity contribution in [3.8, 4) is 0 Å². The van der Waals surface area contributed by atoms with Crippen molar-refractivity contribution < 1.29 is 17.9 Å². The number of sulfonamides is 1. The Morgan fingerprint density at radius 1 is 1.53 bits per heavy atom. The highest BCUT2D eigenvalue weighted by molar-refractivity contribution is 7.89. The lowest BCUT2D eigenvalue weighted by molar-refractivity contribution is -0.0271. The number of hydrogen-bond acceptors (Lipinski definition) is 4. The minimum atomic E-state index is -4.00. The Balaban J connectivity index is 2.12. The number of aromatic nitrogens is 1. The maximum Gasteiger partial charge on any atom is 0.261 e. The highest BCUT2D eigenvalue weighted by Gasteiger charge is 2.36. The van der Waals surface area contributed by atoms with Gasteiger partial charge in [0, 0.05) is 12.7 Å². The van der Waals surface area contributed by atoms with Crippen molar-refractivity contribution in [2.24, 2.45) is 0 Å². The third kappa shape index (κ3) is 2.62. The molecular formula is C10H13FN2O3S. The fourth-order valence-corrected chi connectivity index (χ4v) is 2.75. The van der Waals surface area contributed by atoms with Gasteiger partial charge in [-0.3, -0.25) is 0 Å². The first-order valence-electron chi connectivity index (χ1n) is 5.26. The van der Waals surface area contributed by atoms with Crippen LogP contribution in [0.15, 0.2) is 23.4 Å². The summed E-state index contributed by atoms with van der Waals surface area (Å²) in [4.78, 5) is 3.49. The van der Waals surface area contributed by atoms with Gasteiger partial charge in [-0.2, -0.15) is 0 Å². The number of hydrogen-bond donors (Lipinski definition) is 2. The van der Waals surface area contributed by atoms with Gasteiger partial charge in [-0.1, -0.05) is 0 Å². The monoisotopic (exact) mass is 260 g/mol. The summed E-state index contributed by atoms with van der Waals surface area (Å²) in [6.07, 6.45) is 3.19. The molecule has 1 aliphatic carbocycles. The zero-order valence-corrected chi connectivity index (χ0v) is 9.87. The molecule has 1 aromatic heterocycles. The number of nitrogens with zero attached hydrogens (tertiary/aromatic N) is 1. The van der Waals surface area contributed by atoms with Gasteiger partial charge >= 0.3 is 0 Å². The van der Waals surface area contributed by atoms with Crippen LogP contribution in [0.3, 0.4) is 0 Å². The molecule has 17 heavy (non-hydrogen) atoms. The van der Waals surface area contributed by atoms with E-state index < -0.39 is 26.5 Å². The Labute approximate surface area is 98.7 Å². The van der Waals surface area contributed by atoms with Gasteiger partial charge in [-0.15, -0.1) is 0 Å². The van der Waals surface area contributed by atoms with Crippen LogP contribution in [0.5, 0.6) is 0 Å². The standard InChI is InChI=1S/C10H13FN2O3S/c11-8-3-1-6-12-9(8)17(15,16)13-7-10(14)4-2-5-10/h1,3,6,13-14H,2,4-5,7H2. The molecule has 0 amide bonds. The summed E-state index contributed by atoms with van der Waals surface area (Å²) in [6, 6.07) is 2.34. The molecule has 1 heterocycles. The predicted molar refractivity (Wildman–Crippen MR) is 58.2 cm³/mol. The Morgan fingerprint density at radius 2 is 2.24 bits per heavy atom. The molecule has 94 valence electrons. The van der Waals surface area contributed by atoms with Gasteiger partial charge in [0.1, 0.15) is 0 Å². The van der Waals surface area contributed by atoms with Gasteiger partial charge in [0.15, 0.2) is 5.82 Å². The van der Waals surface area contributed by atoms with E-state index in [0.717, 1.165) is 12.5 Å². The number of aliphatic hydroxyl groups is 1. The molecule has 0 bridgehead atoms. The van der Waals surface area contributed by atoms with E-state index in [1.54, 1.807) is 0 Å². The van der Waals surface area contributed by atoms with Crippen LogP contribution in [0.4, 0.5) is 4.39 Å². The Morgan fingerprint density at radius 3 is 2.76 bits per heavy atom. The van der Waals surface area contributed by atoms with E-state index in [4.69, 9.17) is 0 Å². The molecule has 0 radical (unpaired) electrons. The van der Waals surface area contributed by atoms with Crippen LogP contribution < -0.4 is 4.72 Å². The number of halogens is 1. The third-order valence-corrected chi connectivity index (χ3v) is 4.19. The first kappa shape index (κ1) is 12.4. The topological polar surface area (TPSA) is 79.3 Å². The van der Waals surface area contributed by atoms with E-state index in [2.05, 4.69) is 9.71 Å². The molecular weight excluding hydrogens is 247 g/mol. The molecule has 0 atom stereocenters. The largest absolute Gasteiger partial charge is 0.389 e. The fraction of sp³-hybridized carbons (Fsp3) is 0.500. The van der Waals surface area contributed by atoms with Crippen molar-refractivity contribution in [3.05, 3.63) is 24.1 Å². The minimum Gasteiger partial charge on any atom is -0.389 e. The molecule has 0 aliphatic heterocycles. The summed E-state index contributed by atoms with van der Waals surface area (Å²) in [5.41, 5.74) is -0.988. The molecule has 0 spiro atoms. The lowest BCUT2D eigenvalue weighted by Gasteiger charge is -2.36. The predicted octanol–water partition coefficient (Wildman–Crippen LogP) is 0.414. The average Bonchev–Trinajstić information content (AvgIpc) is 2.24. The first-order valence-corrected chi connectivity index (χ1v) is 6.74. The Bertz CT molecular complexity index is 514. The van der Waals surface area contributed by atoms with Gasteiger partial charge in [-0.25, -0.2) is 22.5 Å². The SMILES string of the molecule is O=S(=O)(NCC1(O)CCC1)c1ncccc1F. The van der Waals surface area contributed by atoms with Gasteiger partial charge in [0.25, 0.3) is 10.0 Å². The van der Waals surface area contributed by atoms with Crippen LogP contribution in [0.25, 0.3) is 0 Å². The molecule has 2 N–H and O–H groups in total. The molecule has 7 heteroatoms. The summed E-state index contributed by atoms with van der Waals surface area (Å²) in [7, 11) is -4.00. The lowest BCUT2D eigenvalue weighted by Crippen LogP contribution is -2.47. The number of pyridine rings is 1. The number of nitrogens with one attached hydrogen (secondary N) is 1. The smallest absolute Gasteiger partial charge is 0.261 e. The Kier molecular flexibility index (Phi) is 3.15. The quantitative estimate of drug-likeness (QED) is 0.822. The summed E-state index contributed by atoms with van der Waals surface area (Å²) in [5, 5.41) is 9.11. The molecule has 0 saturated heterocycles. The zero-order chi connectivity index (χ0) is 12.5. The van der Waals surface area contributed by atoms with E-state index in [-0.39, 0.29) is 6.54 Å². The second kappa shape index (κ2) is 4.32. The van der Waals surface area contributed by atoms with Crippen LogP contribution in [0.1, 0.15) is 19.3 Å². The van der Waals surface area contributed by atoms with Crippen molar-refractivity contribution in [2.45, 2.75) is 29.9 Å².